The summed E-state index contributed by atoms with van der Waals surface area (Å²) >= 11 is 0. The molecule has 12 aromatic rings. The maximum Gasteiger partial charge on any atom is 0.335 e. The number of nitriles is 1. The summed E-state index contributed by atoms with van der Waals surface area (Å²) in [5, 5.41) is 40.8. The molecule has 4 aliphatic heterocycles. The fourth-order valence-electron chi connectivity index (χ4n) is 14.9. The van der Waals surface area contributed by atoms with Crippen LogP contribution in [0.25, 0.3) is 83.2 Å². The standard InChI is InChI=1S/C28H21F2N3O2.C28H24N2O3.C28H26N2O3/c1-28(2,9-10-31)26-25(21-8-3-16(27(34)35)12-23(21)30)22-11-17-14-32-15-18(17)13-24(22)33(26)20-6-4-19(29)5-7-20;31-28(32)20-8-6-18(7-9-20)26-24-14-21-16-29-17-22(21)15-25(24)30(23-4-2-1-3-5-23)27(26)19-10-12-33-13-11-19;1-28(2,17-33-3)26-25(18-9-11-19(12-10-18)27(31)32)23-13-20-15-29-16-21(20)14-24(23)30(26)22-7-5-4-6-8-22/h3-8,11-13,15H,9,14H2,1-2H3,(H,34,35);1-9,14-15,17,19H,10-13,16H2,(H,31,32);4-14,16H,15,17H2,1-3H3,(H,31,32). The van der Waals surface area contributed by atoms with Gasteiger partial charge in [-0.3, -0.25) is 15.0 Å². The fourth-order valence-corrected chi connectivity index (χ4v) is 14.9. The van der Waals surface area contributed by atoms with Gasteiger partial charge < -0.3 is 38.5 Å². The number of ether oxygens (including phenoxy) is 2. The van der Waals surface area contributed by atoms with Crippen LogP contribution in [-0.2, 0) is 39.9 Å². The van der Waals surface area contributed by atoms with E-state index in [2.05, 4.69) is 105 Å². The molecule has 17 heteroatoms. The monoisotopic (exact) mass is 1340 g/mol. The number of hydrogen-bond donors (Lipinski definition) is 3. The SMILES string of the molecule is CC(C)(CC#N)c1c(-c2ccc(C(=O)O)cc2F)c2cc3c(cc2n1-c1ccc(F)cc1)C=NC3.COCC(C)(C)c1c(-c2ccc(C(=O)O)cc2)c2cc3c(cc2n1-c1ccccc1)C=NC3.O=C(O)c1ccc(-c2c(C3CCOCC3)n(-c3ccccc3)c3cc4c(cc23)CN=C4)cc1. The van der Waals surface area contributed by atoms with E-state index in [0.29, 0.717) is 54.7 Å². The van der Waals surface area contributed by atoms with Gasteiger partial charge in [-0.25, -0.2) is 23.2 Å². The van der Waals surface area contributed by atoms with Crippen LogP contribution in [0.15, 0.2) is 203 Å². The summed E-state index contributed by atoms with van der Waals surface area (Å²) < 4.78 is 47.3. The molecule has 0 aliphatic carbocycles. The van der Waals surface area contributed by atoms with Crippen molar-refractivity contribution in [2.75, 3.05) is 26.9 Å². The number of rotatable bonds is 15. The van der Waals surface area contributed by atoms with E-state index in [0.717, 1.165) is 110 Å². The molecule has 3 N–H and O–H groups in total. The van der Waals surface area contributed by atoms with E-state index in [1.165, 1.54) is 57.6 Å². The largest absolute Gasteiger partial charge is 0.478 e. The molecule has 0 spiro atoms. The van der Waals surface area contributed by atoms with E-state index >= 15 is 4.39 Å². The van der Waals surface area contributed by atoms with E-state index in [1.807, 2.05) is 91.5 Å². The first kappa shape index (κ1) is 66.5. The Morgan fingerprint density at radius 2 is 0.950 bits per heavy atom. The first-order valence-corrected chi connectivity index (χ1v) is 33.5. The maximum absolute atomic E-state index is 15.5. The highest BCUT2D eigenvalue weighted by Crippen LogP contribution is 2.49. The van der Waals surface area contributed by atoms with Crippen molar-refractivity contribution in [3.63, 3.8) is 0 Å². The van der Waals surface area contributed by atoms with Crippen molar-refractivity contribution < 1.29 is 48.0 Å². The molecule has 1 fully saturated rings. The van der Waals surface area contributed by atoms with Gasteiger partial charge >= 0.3 is 17.9 Å². The third kappa shape index (κ3) is 12.5. The topological polar surface area (TPSA) is 206 Å². The molecule has 0 unspecified atom stereocenters. The third-order valence-corrected chi connectivity index (χ3v) is 19.6. The predicted molar refractivity (Wildman–Crippen MR) is 392 cm³/mol. The van der Waals surface area contributed by atoms with Crippen molar-refractivity contribution in [2.24, 2.45) is 15.0 Å². The Balaban J connectivity index is 0.000000129. The molecular weight excluding hydrogens is 1270 g/mol. The van der Waals surface area contributed by atoms with Crippen molar-refractivity contribution in [3.05, 3.63) is 267 Å². The normalized spacial score (nSPS) is 13.8. The van der Waals surface area contributed by atoms with Gasteiger partial charge in [0.25, 0.3) is 0 Å². The molecular formula is C84H71F2N7O8. The van der Waals surface area contributed by atoms with Crippen molar-refractivity contribution in [2.45, 2.75) is 83.3 Å². The molecule has 16 rings (SSSR count). The minimum absolute atomic E-state index is 0.146. The predicted octanol–water partition coefficient (Wildman–Crippen LogP) is 18.1. The minimum Gasteiger partial charge on any atom is -0.478 e. The number of benzene rings is 9. The van der Waals surface area contributed by atoms with Crippen LogP contribution in [0, 0.1) is 23.0 Å². The zero-order valence-electron chi connectivity index (χ0n) is 56.3. The highest BCUT2D eigenvalue weighted by atomic mass is 19.1. The van der Waals surface area contributed by atoms with Gasteiger partial charge in [-0.1, -0.05) is 94.4 Å². The van der Waals surface area contributed by atoms with Crippen molar-refractivity contribution in [3.8, 4) is 56.5 Å². The lowest BCUT2D eigenvalue weighted by molar-refractivity contribution is 0.0686. The van der Waals surface area contributed by atoms with Gasteiger partial charge in [-0.2, -0.15) is 5.26 Å². The summed E-state index contributed by atoms with van der Waals surface area (Å²) in [6, 6.07) is 60.3. The Morgan fingerprint density at radius 1 is 0.525 bits per heavy atom. The molecule has 0 amide bonds. The number of carbonyl (C=O) groups is 3. The van der Waals surface area contributed by atoms with Gasteiger partial charge in [0.2, 0.25) is 0 Å². The van der Waals surface area contributed by atoms with E-state index in [1.54, 1.807) is 49.7 Å². The number of aliphatic imine (C=N–C) groups is 3. The molecule has 4 aliphatic rings. The van der Waals surface area contributed by atoms with Crippen molar-refractivity contribution >= 4 is 69.3 Å². The number of hydrogen-bond acceptors (Lipinski definition) is 9. The molecule has 0 radical (unpaired) electrons. The van der Waals surface area contributed by atoms with E-state index in [9.17, 15) is 39.4 Å². The third-order valence-electron chi connectivity index (χ3n) is 19.6. The molecule has 0 atom stereocenters. The molecule has 15 nitrogen and oxygen atoms in total. The van der Waals surface area contributed by atoms with E-state index in [4.69, 9.17) is 9.47 Å². The lowest BCUT2D eigenvalue weighted by atomic mass is 9.81. The van der Waals surface area contributed by atoms with Gasteiger partial charge in [0.15, 0.2) is 0 Å². The van der Waals surface area contributed by atoms with Crippen molar-refractivity contribution in [1.29, 1.82) is 5.26 Å². The Labute approximate surface area is 581 Å². The van der Waals surface area contributed by atoms with Crippen LogP contribution in [0.4, 0.5) is 8.78 Å². The lowest BCUT2D eigenvalue weighted by Gasteiger charge is -2.28. The second kappa shape index (κ2) is 27.2. The number of methoxy groups -OCH3 is 1. The van der Waals surface area contributed by atoms with E-state index in [-0.39, 0.29) is 34.3 Å². The molecule has 3 aromatic heterocycles. The number of para-hydroxylation sites is 2. The Morgan fingerprint density at radius 3 is 1.42 bits per heavy atom. The van der Waals surface area contributed by atoms with E-state index < -0.39 is 29.1 Å². The molecule has 7 heterocycles. The summed E-state index contributed by atoms with van der Waals surface area (Å²) in [5.74, 6) is -3.76. The smallest absolute Gasteiger partial charge is 0.335 e. The van der Waals surface area contributed by atoms with Crippen LogP contribution in [0.5, 0.6) is 0 Å². The Bertz CT molecular complexity index is 5400. The summed E-state index contributed by atoms with van der Waals surface area (Å²) in [6.45, 7) is 12.1. The highest BCUT2D eigenvalue weighted by molar-refractivity contribution is 6.07. The number of carboxylic acid groups (broad SMARTS) is 3. The number of nitrogens with zero attached hydrogens (tertiary/aromatic N) is 7. The summed E-state index contributed by atoms with van der Waals surface area (Å²) in [4.78, 5) is 47.6. The highest BCUT2D eigenvalue weighted by Gasteiger charge is 2.36. The molecule has 101 heavy (non-hydrogen) atoms. The molecule has 0 saturated carbocycles. The van der Waals surface area contributed by atoms with Crippen LogP contribution < -0.4 is 0 Å². The molecule has 9 aromatic carbocycles. The number of aromatic carboxylic acids is 3. The average molecular weight is 1340 g/mol. The van der Waals surface area contributed by atoms with Gasteiger partial charge in [0, 0.05) is 135 Å². The maximum atomic E-state index is 15.5. The first-order chi connectivity index (χ1) is 48.8. The summed E-state index contributed by atoms with van der Waals surface area (Å²) in [6.07, 6.45) is 7.77. The second-order valence-electron chi connectivity index (χ2n) is 27.2. The fraction of sp³-hybridized carbons (Fsp3) is 0.202. The van der Waals surface area contributed by atoms with Crippen LogP contribution in [0.3, 0.4) is 0 Å². The number of carboxylic acids is 3. The summed E-state index contributed by atoms with van der Waals surface area (Å²) in [7, 11) is 1.73. The average Bonchev–Trinajstić information content (AvgIpc) is 1.58. The zero-order valence-corrected chi connectivity index (χ0v) is 56.3. The van der Waals surface area contributed by atoms with Crippen LogP contribution >= 0.6 is 0 Å². The molecule has 504 valence electrons. The minimum atomic E-state index is -1.22. The first-order valence-electron chi connectivity index (χ1n) is 33.5. The van der Waals surface area contributed by atoms with Crippen LogP contribution in [0.1, 0.15) is 134 Å². The van der Waals surface area contributed by atoms with Gasteiger partial charge in [0.1, 0.15) is 11.6 Å². The number of fused-ring (bicyclic) bond motifs is 6. The van der Waals surface area contributed by atoms with Crippen LogP contribution in [-0.4, -0.2) is 92.5 Å². The lowest BCUT2D eigenvalue weighted by Crippen LogP contribution is -2.27. The molecule has 1 saturated heterocycles. The second-order valence-corrected chi connectivity index (χ2v) is 27.2. The van der Waals surface area contributed by atoms with Crippen LogP contribution in [0.2, 0.25) is 0 Å². The quantitative estimate of drug-likeness (QED) is 0.0891. The van der Waals surface area contributed by atoms with Gasteiger partial charge in [0.05, 0.1) is 65.6 Å². The Hall–Kier alpha value is -11.7. The zero-order chi connectivity index (χ0) is 70.4. The van der Waals surface area contributed by atoms with Crippen molar-refractivity contribution in [1.82, 2.24) is 13.7 Å². The Kier molecular flexibility index (Phi) is 17.9. The summed E-state index contributed by atoms with van der Waals surface area (Å²) in [5.41, 5.74) is 20.2. The van der Waals surface area contributed by atoms with Gasteiger partial charge in [-0.15, -0.1) is 0 Å². The number of aromatic nitrogens is 3. The molecule has 0 bridgehead atoms. The van der Waals surface area contributed by atoms with Gasteiger partial charge in [-0.05, 0) is 179 Å². The number of halogens is 2.